The zero-order valence-electron chi connectivity index (χ0n) is 12.3. The number of aryl methyl sites for hydroxylation is 1. The standard InChI is InChI=1S/C15H26N2O/c1-10(6-7-16)9-17-15-11(2)8-14(18-5)12(3)13(15)4/h8,10,17H,6-7,9,16H2,1-5H3. The third-order valence-electron chi connectivity index (χ3n) is 3.56. The lowest BCUT2D eigenvalue weighted by Gasteiger charge is -2.19. The van der Waals surface area contributed by atoms with Crippen LogP contribution >= 0.6 is 0 Å². The minimum Gasteiger partial charge on any atom is -0.496 e. The van der Waals surface area contributed by atoms with Crippen molar-refractivity contribution in [2.75, 3.05) is 25.5 Å². The van der Waals surface area contributed by atoms with E-state index in [2.05, 4.69) is 39.1 Å². The highest BCUT2D eigenvalue weighted by atomic mass is 16.5. The number of nitrogens with two attached hydrogens (primary N) is 1. The van der Waals surface area contributed by atoms with Crippen LogP contribution in [0.4, 0.5) is 5.69 Å². The molecule has 0 bridgehead atoms. The van der Waals surface area contributed by atoms with Gasteiger partial charge in [-0.25, -0.2) is 0 Å². The fourth-order valence-electron chi connectivity index (χ4n) is 2.19. The number of nitrogens with one attached hydrogen (secondary N) is 1. The number of anilines is 1. The van der Waals surface area contributed by atoms with Crippen molar-refractivity contribution in [2.24, 2.45) is 11.7 Å². The lowest BCUT2D eigenvalue weighted by molar-refractivity contribution is 0.411. The zero-order valence-corrected chi connectivity index (χ0v) is 12.3. The van der Waals surface area contributed by atoms with Crippen LogP contribution in [0.5, 0.6) is 5.75 Å². The monoisotopic (exact) mass is 250 g/mol. The molecule has 102 valence electrons. The Morgan fingerprint density at radius 1 is 1.28 bits per heavy atom. The summed E-state index contributed by atoms with van der Waals surface area (Å²) in [6, 6.07) is 2.10. The fourth-order valence-corrected chi connectivity index (χ4v) is 2.19. The highest BCUT2D eigenvalue weighted by molar-refractivity contribution is 5.63. The highest BCUT2D eigenvalue weighted by Crippen LogP contribution is 2.31. The Balaban J connectivity index is 2.86. The molecule has 3 nitrogen and oxygen atoms in total. The summed E-state index contributed by atoms with van der Waals surface area (Å²) >= 11 is 0. The molecule has 1 aromatic rings. The maximum absolute atomic E-state index is 5.58. The Hall–Kier alpha value is -1.22. The number of benzene rings is 1. The van der Waals surface area contributed by atoms with Gasteiger partial charge in [0.1, 0.15) is 5.75 Å². The molecule has 0 spiro atoms. The molecule has 0 aliphatic carbocycles. The molecule has 0 saturated carbocycles. The first kappa shape index (κ1) is 14.8. The summed E-state index contributed by atoms with van der Waals surface area (Å²) in [6.07, 6.45) is 1.06. The van der Waals surface area contributed by atoms with Gasteiger partial charge in [0, 0.05) is 12.2 Å². The Labute approximate surface area is 111 Å². The molecule has 0 radical (unpaired) electrons. The molecular weight excluding hydrogens is 224 g/mol. The Bertz CT molecular complexity index is 402. The van der Waals surface area contributed by atoms with Gasteiger partial charge in [-0.3, -0.25) is 0 Å². The van der Waals surface area contributed by atoms with Crippen molar-refractivity contribution in [1.82, 2.24) is 0 Å². The average molecular weight is 250 g/mol. The normalized spacial score (nSPS) is 12.3. The van der Waals surface area contributed by atoms with Crippen LogP contribution in [0.25, 0.3) is 0 Å². The first-order valence-electron chi connectivity index (χ1n) is 6.60. The second kappa shape index (κ2) is 6.64. The molecule has 0 saturated heterocycles. The summed E-state index contributed by atoms with van der Waals surface area (Å²) in [5.41, 5.74) is 10.5. The van der Waals surface area contributed by atoms with Crippen molar-refractivity contribution < 1.29 is 4.74 Å². The van der Waals surface area contributed by atoms with Gasteiger partial charge in [-0.2, -0.15) is 0 Å². The molecule has 0 fully saturated rings. The van der Waals surface area contributed by atoms with E-state index in [1.54, 1.807) is 7.11 Å². The van der Waals surface area contributed by atoms with Crippen molar-refractivity contribution in [3.05, 3.63) is 22.8 Å². The van der Waals surface area contributed by atoms with Gasteiger partial charge >= 0.3 is 0 Å². The van der Waals surface area contributed by atoms with Crippen LogP contribution in [0.1, 0.15) is 30.0 Å². The van der Waals surface area contributed by atoms with Gasteiger partial charge in [0.05, 0.1) is 7.11 Å². The molecule has 0 aromatic heterocycles. The van der Waals surface area contributed by atoms with E-state index in [-0.39, 0.29) is 0 Å². The minimum absolute atomic E-state index is 0.594. The topological polar surface area (TPSA) is 47.3 Å². The molecule has 1 aromatic carbocycles. The Kier molecular flexibility index (Phi) is 5.48. The van der Waals surface area contributed by atoms with E-state index < -0.39 is 0 Å². The lowest BCUT2D eigenvalue weighted by Crippen LogP contribution is -2.16. The maximum atomic E-state index is 5.58. The van der Waals surface area contributed by atoms with Gasteiger partial charge in [-0.1, -0.05) is 6.92 Å². The molecule has 3 heteroatoms. The van der Waals surface area contributed by atoms with Crippen LogP contribution in [0, 0.1) is 26.7 Å². The van der Waals surface area contributed by atoms with Crippen LogP contribution in [0.3, 0.4) is 0 Å². The van der Waals surface area contributed by atoms with E-state index in [1.807, 2.05) is 0 Å². The number of hydrogen-bond acceptors (Lipinski definition) is 3. The van der Waals surface area contributed by atoms with E-state index in [9.17, 15) is 0 Å². The SMILES string of the molecule is COc1cc(C)c(NCC(C)CCN)c(C)c1C. The predicted octanol–water partition coefficient (Wildman–Crippen LogP) is 3.02. The van der Waals surface area contributed by atoms with Crippen LogP contribution in [-0.2, 0) is 0 Å². The Morgan fingerprint density at radius 2 is 1.94 bits per heavy atom. The largest absolute Gasteiger partial charge is 0.496 e. The fraction of sp³-hybridized carbons (Fsp3) is 0.600. The van der Waals surface area contributed by atoms with Gasteiger partial charge in [0.25, 0.3) is 0 Å². The van der Waals surface area contributed by atoms with Crippen LogP contribution in [0.15, 0.2) is 6.07 Å². The van der Waals surface area contributed by atoms with Crippen molar-refractivity contribution in [3.63, 3.8) is 0 Å². The van der Waals surface area contributed by atoms with Crippen molar-refractivity contribution in [2.45, 2.75) is 34.1 Å². The summed E-state index contributed by atoms with van der Waals surface area (Å²) < 4.78 is 5.38. The van der Waals surface area contributed by atoms with Crippen LogP contribution in [0.2, 0.25) is 0 Å². The predicted molar refractivity (Wildman–Crippen MR) is 78.5 cm³/mol. The number of rotatable bonds is 6. The molecular formula is C15H26N2O. The molecule has 0 aliphatic heterocycles. The van der Waals surface area contributed by atoms with E-state index >= 15 is 0 Å². The van der Waals surface area contributed by atoms with Gasteiger partial charge in [-0.15, -0.1) is 0 Å². The van der Waals surface area contributed by atoms with Gasteiger partial charge in [0.2, 0.25) is 0 Å². The molecule has 0 aliphatic rings. The third-order valence-corrected chi connectivity index (χ3v) is 3.56. The quantitative estimate of drug-likeness (QED) is 0.816. The molecule has 1 rings (SSSR count). The molecule has 1 unspecified atom stereocenters. The van der Waals surface area contributed by atoms with Gasteiger partial charge in [-0.05, 0) is 62.4 Å². The summed E-state index contributed by atoms with van der Waals surface area (Å²) in [5, 5.41) is 3.55. The highest BCUT2D eigenvalue weighted by Gasteiger charge is 2.11. The molecule has 0 amide bonds. The lowest BCUT2D eigenvalue weighted by atomic mass is 10.0. The summed E-state index contributed by atoms with van der Waals surface area (Å²) in [4.78, 5) is 0. The maximum Gasteiger partial charge on any atom is 0.122 e. The third kappa shape index (κ3) is 3.39. The summed E-state index contributed by atoms with van der Waals surface area (Å²) in [6.45, 7) is 10.3. The Morgan fingerprint density at radius 3 is 2.50 bits per heavy atom. The molecule has 18 heavy (non-hydrogen) atoms. The first-order chi connectivity index (χ1) is 8.51. The molecule has 3 N–H and O–H groups in total. The van der Waals surface area contributed by atoms with Crippen molar-refractivity contribution >= 4 is 5.69 Å². The van der Waals surface area contributed by atoms with E-state index in [0.29, 0.717) is 5.92 Å². The van der Waals surface area contributed by atoms with E-state index in [0.717, 1.165) is 25.3 Å². The second-order valence-electron chi connectivity index (χ2n) is 5.08. The van der Waals surface area contributed by atoms with Gasteiger partial charge < -0.3 is 15.8 Å². The van der Waals surface area contributed by atoms with Crippen molar-refractivity contribution in [1.29, 1.82) is 0 Å². The molecule has 1 atom stereocenters. The zero-order chi connectivity index (χ0) is 13.7. The number of hydrogen-bond donors (Lipinski definition) is 2. The summed E-state index contributed by atoms with van der Waals surface area (Å²) in [5.74, 6) is 1.56. The van der Waals surface area contributed by atoms with E-state index in [4.69, 9.17) is 10.5 Å². The second-order valence-corrected chi connectivity index (χ2v) is 5.08. The number of methoxy groups -OCH3 is 1. The summed E-state index contributed by atoms with van der Waals surface area (Å²) in [7, 11) is 1.72. The van der Waals surface area contributed by atoms with Crippen LogP contribution in [-0.4, -0.2) is 20.2 Å². The van der Waals surface area contributed by atoms with Crippen LogP contribution < -0.4 is 15.8 Å². The smallest absolute Gasteiger partial charge is 0.122 e. The first-order valence-corrected chi connectivity index (χ1v) is 6.60. The van der Waals surface area contributed by atoms with Crippen molar-refractivity contribution in [3.8, 4) is 5.75 Å². The van der Waals surface area contributed by atoms with Gasteiger partial charge in [0.15, 0.2) is 0 Å². The average Bonchev–Trinajstić information content (AvgIpc) is 2.34. The molecule has 0 heterocycles. The number of ether oxygens (including phenoxy) is 1. The van der Waals surface area contributed by atoms with E-state index in [1.165, 1.54) is 22.4 Å². The minimum atomic E-state index is 0.594.